The van der Waals surface area contributed by atoms with Gasteiger partial charge in [-0.05, 0) is 63.3 Å². The number of hydrogen-bond donors (Lipinski definition) is 0. The van der Waals surface area contributed by atoms with E-state index in [1.165, 1.54) is 12.1 Å². The summed E-state index contributed by atoms with van der Waals surface area (Å²) in [5.41, 5.74) is 1.65. The Bertz CT molecular complexity index is 1100. The summed E-state index contributed by atoms with van der Waals surface area (Å²) in [6.07, 6.45) is 2.07. The van der Waals surface area contributed by atoms with Crippen molar-refractivity contribution in [1.82, 2.24) is 10.0 Å². The highest BCUT2D eigenvalue weighted by Crippen LogP contribution is 2.41. The zero-order valence-electron chi connectivity index (χ0n) is 19.0. The van der Waals surface area contributed by atoms with E-state index in [-0.39, 0.29) is 11.3 Å². The lowest BCUT2D eigenvalue weighted by Crippen LogP contribution is -2.56. The summed E-state index contributed by atoms with van der Waals surface area (Å²) < 4.78 is 0. The van der Waals surface area contributed by atoms with Crippen molar-refractivity contribution in [3.63, 3.8) is 0 Å². The zero-order chi connectivity index (χ0) is 23.9. The second-order valence-electron chi connectivity index (χ2n) is 9.18. The van der Waals surface area contributed by atoms with Crippen molar-refractivity contribution in [2.45, 2.75) is 46.1 Å². The standard InChI is InChI=1S/C26H27ClN2O4/c1-15-4-7-18(8-5-15)23(30)17(3)28(24(31)19-9-11-20(27)12-10-19)29-25(32)21-13-6-16(2)14-22(21)26(29)33/h4-5,7-12,16-17,21-22H,6,13-14H2,1-3H3/t16-,17-,21+,22+/m0/s1. The van der Waals surface area contributed by atoms with Crippen molar-refractivity contribution in [2.75, 3.05) is 0 Å². The van der Waals surface area contributed by atoms with Gasteiger partial charge in [-0.2, -0.15) is 5.01 Å². The van der Waals surface area contributed by atoms with Crippen LogP contribution in [0.1, 0.15) is 59.4 Å². The van der Waals surface area contributed by atoms with Gasteiger partial charge in [-0.1, -0.05) is 48.4 Å². The van der Waals surface area contributed by atoms with Gasteiger partial charge in [0.05, 0.1) is 11.8 Å². The number of aryl methyl sites for hydroxylation is 1. The average molecular weight is 467 g/mol. The molecule has 0 unspecified atom stereocenters. The second-order valence-corrected chi connectivity index (χ2v) is 9.62. The molecule has 6 nitrogen and oxygen atoms in total. The monoisotopic (exact) mass is 466 g/mol. The molecule has 0 aromatic heterocycles. The van der Waals surface area contributed by atoms with Gasteiger partial charge in [0.1, 0.15) is 6.04 Å². The number of carbonyl (C=O) groups is 4. The molecule has 33 heavy (non-hydrogen) atoms. The second kappa shape index (κ2) is 9.10. The Hall–Kier alpha value is -2.99. The number of hydrogen-bond acceptors (Lipinski definition) is 4. The molecule has 0 bridgehead atoms. The van der Waals surface area contributed by atoms with E-state index in [0.29, 0.717) is 29.3 Å². The minimum absolute atomic E-state index is 0.242. The van der Waals surface area contributed by atoms with E-state index >= 15 is 0 Å². The highest BCUT2D eigenvalue weighted by molar-refractivity contribution is 6.30. The third kappa shape index (κ3) is 4.32. The summed E-state index contributed by atoms with van der Waals surface area (Å²) in [6.45, 7) is 5.54. The van der Waals surface area contributed by atoms with Crippen LogP contribution in [0.2, 0.25) is 5.02 Å². The molecule has 2 aliphatic rings. The van der Waals surface area contributed by atoms with E-state index in [1.807, 2.05) is 19.1 Å². The number of fused-ring (bicyclic) bond motifs is 1. The molecule has 3 amide bonds. The van der Waals surface area contributed by atoms with Gasteiger partial charge in [-0.15, -0.1) is 0 Å². The molecule has 1 saturated carbocycles. The summed E-state index contributed by atoms with van der Waals surface area (Å²) in [7, 11) is 0. The van der Waals surface area contributed by atoms with Gasteiger partial charge >= 0.3 is 0 Å². The first-order valence-corrected chi connectivity index (χ1v) is 11.6. The fourth-order valence-electron chi connectivity index (χ4n) is 4.82. The van der Waals surface area contributed by atoms with Crippen LogP contribution in [-0.4, -0.2) is 39.6 Å². The molecule has 1 heterocycles. The summed E-state index contributed by atoms with van der Waals surface area (Å²) in [5.74, 6) is -2.31. The van der Waals surface area contributed by atoms with Gasteiger partial charge in [-0.25, -0.2) is 5.01 Å². The number of nitrogens with zero attached hydrogens (tertiary/aromatic N) is 2. The maximum absolute atomic E-state index is 13.6. The number of hydrazine groups is 1. The molecule has 0 radical (unpaired) electrons. The fourth-order valence-corrected chi connectivity index (χ4v) is 4.95. The predicted molar refractivity (Wildman–Crippen MR) is 124 cm³/mol. The zero-order valence-corrected chi connectivity index (χ0v) is 19.7. The molecule has 2 fully saturated rings. The molecule has 4 atom stereocenters. The highest BCUT2D eigenvalue weighted by Gasteiger charge is 2.53. The first kappa shape index (κ1) is 23.2. The largest absolute Gasteiger partial charge is 0.292 e. The van der Waals surface area contributed by atoms with Crippen LogP contribution in [0.25, 0.3) is 0 Å². The van der Waals surface area contributed by atoms with Crippen molar-refractivity contribution in [3.8, 4) is 0 Å². The summed E-state index contributed by atoms with van der Waals surface area (Å²) in [4.78, 5) is 53.8. The van der Waals surface area contributed by atoms with E-state index in [1.54, 1.807) is 31.2 Å². The van der Waals surface area contributed by atoms with Gasteiger partial charge in [0.15, 0.2) is 5.78 Å². The minimum Gasteiger partial charge on any atom is -0.292 e. The first-order chi connectivity index (χ1) is 15.7. The Morgan fingerprint density at radius 1 is 0.939 bits per heavy atom. The number of ketones is 1. The van der Waals surface area contributed by atoms with Gasteiger partial charge < -0.3 is 0 Å². The van der Waals surface area contributed by atoms with Crippen molar-refractivity contribution in [2.24, 2.45) is 17.8 Å². The molecular weight excluding hydrogens is 440 g/mol. The fraction of sp³-hybridized carbons (Fsp3) is 0.385. The number of amides is 3. The van der Waals surface area contributed by atoms with Gasteiger partial charge in [0.25, 0.3) is 17.7 Å². The van der Waals surface area contributed by atoms with Crippen molar-refractivity contribution in [3.05, 3.63) is 70.2 Å². The SMILES string of the molecule is Cc1ccc(C(=O)[C@H](C)N(C(=O)c2ccc(Cl)cc2)N2C(=O)[C@@H]3CC[C@H](C)C[C@H]3C2=O)cc1. The Morgan fingerprint density at radius 2 is 1.52 bits per heavy atom. The van der Waals surface area contributed by atoms with Crippen LogP contribution in [0.5, 0.6) is 0 Å². The van der Waals surface area contributed by atoms with Crippen LogP contribution in [-0.2, 0) is 9.59 Å². The van der Waals surface area contributed by atoms with E-state index < -0.39 is 35.6 Å². The molecule has 2 aromatic carbocycles. The molecule has 4 rings (SSSR count). The van der Waals surface area contributed by atoms with E-state index in [0.717, 1.165) is 22.0 Å². The number of rotatable bonds is 5. The molecule has 2 aromatic rings. The van der Waals surface area contributed by atoms with Crippen molar-refractivity contribution >= 4 is 35.1 Å². The van der Waals surface area contributed by atoms with E-state index in [4.69, 9.17) is 11.6 Å². The van der Waals surface area contributed by atoms with Crippen LogP contribution in [0.3, 0.4) is 0 Å². The average Bonchev–Trinajstić information content (AvgIpc) is 3.04. The minimum atomic E-state index is -1.05. The normalized spacial score (nSPS) is 23.3. The predicted octanol–water partition coefficient (Wildman–Crippen LogP) is 4.70. The van der Waals surface area contributed by atoms with Crippen molar-refractivity contribution < 1.29 is 19.2 Å². The van der Waals surface area contributed by atoms with Gasteiger partial charge in [0, 0.05) is 16.1 Å². The van der Waals surface area contributed by atoms with Crippen LogP contribution in [0, 0.1) is 24.7 Å². The third-order valence-corrected chi connectivity index (χ3v) is 7.01. The van der Waals surface area contributed by atoms with E-state index in [9.17, 15) is 19.2 Å². The molecular formula is C26H27ClN2O4. The molecule has 1 aliphatic carbocycles. The summed E-state index contributed by atoms with van der Waals surface area (Å²) in [5, 5.41) is 2.45. The molecule has 1 aliphatic heterocycles. The van der Waals surface area contributed by atoms with Crippen LogP contribution >= 0.6 is 11.6 Å². The van der Waals surface area contributed by atoms with Crippen molar-refractivity contribution in [1.29, 1.82) is 0 Å². The van der Waals surface area contributed by atoms with Gasteiger partial charge in [0.2, 0.25) is 0 Å². The molecule has 1 saturated heterocycles. The molecule has 0 spiro atoms. The van der Waals surface area contributed by atoms with Crippen LogP contribution in [0.4, 0.5) is 0 Å². The van der Waals surface area contributed by atoms with Gasteiger partial charge in [-0.3, -0.25) is 19.2 Å². The number of imide groups is 1. The first-order valence-electron chi connectivity index (χ1n) is 11.3. The Kier molecular flexibility index (Phi) is 6.39. The smallest absolute Gasteiger partial charge is 0.273 e. The number of carbonyl (C=O) groups excluding carboxylic acids is 4. The Balaban J connectivity index is 1.74. The number of halogens is 1. The number of benzene rings is 2. The third-order valence-electron chi connectivity index (χ3n) is 6.76. The Labute approximate surface area is 198 Å². The topological polar surface area (TPSA) is 74.8 Å². The molecule has 7 heteroatoms. The summed E-state index contributed by atoms with van der Waals surface area (Å²) in [6, 6.07) is 12.1. The quantitative estimate of drug-likeness (QED) is 0.473. The lowest BCUT2D eigenvalue weighted by Gasteiger charge is -2.34. The highest BCUT2D eigenvalue weighted by atomic mass is 35.5. The maximum atomic E-state index is 13.6. The number of Topliss-reactive ketones (excluding diaryl/α,β-unsaturated/α-hetero) is 1. The lowest BCUT2D eigenvalue weighted by atomic mass is 9.76. The van der Waals surface area contributed by atoms with Crippen LogP contribution < -0.4 is 0 Å². The molecule has 172 valence electrons. The summed E-state index contributed by atoms with van der Waals surface area (Å²) >= 11 is 5.97. The van der Waals surface area contributed by atoms with Crippen LogP contribution in [0.15, 0.2) is 48.5 Å². The Morgan fingerprint density at radius 3 is 2.15 bits per heavy atom. The molecule has 0 N–H and O–H groups in total. The maximum Gasteiger partial charge on any atom is 0.273 e. The lowest BCUT2D eigenvalue weighted by molar-refractivity contribution is -0.156. The van der Waals surface area contributed by atoms with E-state index in [2.05, 4.69) is 6.92 Å².